The van der Waals surface area contributed by atoms with Crippen LogP contribution in [0.5, 0.6) is 5.75 Å². The third-order valence-corrected chi connectivity index (χ3v) is 8.62. The number of hydrogen-bond donors (Lipinski definition) is 1. The van der Waals surface area contributed by atoms with Crippen LogP contribution in [-0.2, 0) is 16.2 Å². The van der Waals surface area contributed by atoms with E-state index in [0.29, 0.717) is 53.7 Å². The number of carbonyl (C=O) groups excluding carboxylic acids is 2. The number of pyridine rings is 1. The van der Waals surface area contributed by atoms with Crippen molar-refractivity contribution in [2.45, 2.75) is 19.6 Å². The summed E-state index contributed by atoms with van der Waals surface area (Å²) in [6.45, 7) is 4.32. The molecule has 0 unspecified atom stereocenters. The van der Waals surface area contributed by atoms with Gasteiger partial charge in [0.05, 0.1) is 22.2 Å². The first-order valence-corrected chi connectivity index (χ1v) is 15.0. The molecule has 1 saturated heterocycles. The second-order valence-corrected chi connectivity index (χ2v) is 11.6. The number of amides is 1. The molecule has 2 N–H and O–H groups in total. The van der Waals surface area contributed by atoms with Gasteiger partial charge in [0.1, 0.15) is 23.9 Å². The molecule has 234 valence electrons. The molecule has 45 heavy (non-hydrogen) atoms. The number of nitrogens with two attached hydrogens (primary N) is 1. The van der Waals surface area contributed by atoms with E-state index in [4.69, 9.17) is 33.7 Å². The summed E-state index contributed by atoms with van der Waals surface area (Å²) in [7, 11) is 1.51. The van der Waals surface area contributed by atoms with Crippen LogP contribution < -0.4 is 20.3 Å². The van der Waals surface area contributed by atoms with Crippen LogP contribution in [0.1, 0.15) is 11.3 Å². The standard InChI is InChI=1S/C32H32Cl2N6O5/c1-20-6-7-21-4-3-5-28(31(21)36-20)45-19-24-25(33)12-13-26(29(24)34)37(2)32(42)30(35)27(41)18-38-14-16-39(17-15-38)22-8-10-23(11-9-22)40(43)44/h3-13,30H,14-19,35H2,1-2H3/t30-/m0/s1. The largest absolute Gasteiger partial charge is 0.487 e. The molecular formula is C32H32Cl2N6O5. The van der Waals surface area contributed by atoms with Gasteiger partial charge in [-0.1, -0.05) is 41.4 Å². The number of fused-ring (bicyclic) bond motifs is 1. The van der Waals surface area contributed by atoms with Crippen LogP contribution in [0.25, 0.3) is 10.9 Å². The number of carbonyl (C=O) groups is 2. The van der Waals surface area contributed by atoms with Crippen molar-refractivity contribution in [3.63, 3.8) is 0 Å². The molecule has 13 heteroatoms. The van der Waals surface area contributed by atoms with Gasteiger partial charge in [-0.15, -0.1) is 0 Å². The Morgan fingerprint density at radius 3 is 2.44 bits per heavy atom. The van der Waals surface area contributed by atoms with Gasteiger partial charge in [0, 0.05) is 72.7 Å². The van der Waals surface area contributed by atoms with E-state index in [-0.39, 0.29) is 23.9 Å². The number of aromatic nitrogens is 1. The van der Waals surface area contributed by atoms with E-state index in [1.54, 1.807) is 24.3 Å². The monoisotopic (exact) mass is 650 g/mol. The fraction of sp³-hybridized carbons (Fsp3) is 0.281. The van der Waals surface area contributed by atoms with Crippen molar-refractivity contribution >= 4 is 62.9 Å². The Labute approximate surface area is 270 Å². The van der Waals surface area contributed by atoms with Crippen LogP contribution in [0.2, 0.25) is 10.0 Å². The Balaban J connectivity index is 1.20. The van der Waals surface area contributed by atoms with Crippen LogP contribution in [0.15, 0.2) is 66.7 Å². The highest BCUT2D eigenvalue weighted by molar-refractivity contribution is 6.38. The Bertz CT molecular complexity index is 1740. The van der Waals surface area contributed by atoms with E-state index >= 15 is 0 Å². The molecule has 1 aliphatic rings. The lowest BCUT2D eigenvalue weighted by atomic mass is 10.1. The van der Waals surface area contributed by atoms with Crippen molar-refractivity contribution in [3.8, 4) is 5.75 Å². The number of anilines is 2. The number of benzene rings is 3. The van der Waals surface area contributed by atoms with Crippen LogP contribution in [0.3, 0.4) is 0 Å². The van der Waals surface area contributed by atoms with E-state index in [1.165, 1.54) is 24.1 Å². The van der Waals surface area contributed by atoms with E-state index in [2.05, 4.69) is 9.88 Å². The van der Waals surface area contributed by atoms with E-state index in [1.807, 2.05) is 42.2 Å². The number of rotatable bonds is 10. The van der Waals surface area contributed by atoms with Crippen LogP contribution in [0, 0.1) is 17.0 Å². The molecule has 0 bridgehead atoms. The van der Waals surface area contributed by atoms with Crippen LogP contribution in [-0.4, -0.2) is 72.3 Å². The Morgan fingerprint density at radius 1 is 1.04 bits per heavy atom. The molecular weight excluding hydrogens is 619 g/mol. The molecule has 0 radical (unpaired) electrons. The lowest BCUT2D eigenvalue weighted by molar-refractivity contribution is -0.384. The molecule has 3 aromatic carbocycles. The van der Waals surface area contributed by atoms with Crippen molar-refractivity contribution in [3.05, 3.63) is 98.1 Å². The summed E-state index contributed by atoms with van der Waals surface area (Å²) in [6, 6.07) is 17.7. The molecule has 2 heterocycles. The number of nitrogens with zero attached hydrogens (tertiary/aromatic N) is 5. The third-order valence-electron chi connectivity index (χ3n) is 7.84. The molecule has 0 spiro atoms. The molecule has 1 aromatic heterocycles. The number of ketones is 1. The molecule has 0 aliphatic carbocycles. The predicted molar refractivity (Wildman–Crippen MR) is 175 cm³/mol. The average Bonchev–Trinajstić information content (AvgIpc) is 3.04. The number of Topliss-reactive ketones (excluding diaryl/α,β-unsaturated/α-hetero) is 1. The van der Waals surface area contributed by atoms with Gasteiger partial charge in [-0.25, -0.2) is 4.98 Å². The molecule has 4 aromatic rings. The number of nitro groups is 1. The topological polar surface area (TPSA) is 135 Å². The van der Waals surface area contributed by atoms with Crippen molar-refractivity contribution in [1.29, 1.82) is 0 Å². The molecule has 1 amide bonds. The summed E-state index contributed by atoms with van der Waals surface area (Å²) >= 11 is 13.2. The summed E-state index contributed by atoms with van der Waals surface area (Å²) < 4.78 is 6.09. The lowest BCUT2D eigenvalue weighted by Gasteiger charge is -2.36. The van der Waals surface area contributed by atoms with E-state index in [9.17, 15) is 19.7 Å². The highest BCUT2D eigenvalue weighted by Gasteiger charge is 2.30. The first kappa shape index (κ1) is 32.1. The maximum Gasteiger partial charge on any atom is 0.269 e. The second kappa shape index (κ2) is 13.8. The van der Waals surface area contributed by atoms with Gasteiger partial charge in [-0.3, -0.25) is 24.6 Å². The Hall–Kier alpha value is -4.29. The van der Waals surface area contributed by atoms with Crippen molar-refractivity contribution < 1.29 is 19.2 Å². The summed E-state index contributed by atoms with van der Waals surface area (Å²) in [6.07, 6.45) is 0. The van der Waals surface area contributed by atoms with Crippen molar-refractivity contribution in [2.24, 2.45) is 5.73 Å². The molecule has 1 fully saturated rings. The zero-order valence-electron chi connectivity index (χ0n) is 24.8. The smallest absolute Gasteiger partial charge is 0.269 e. The minimum Gasteiger partial charge on any atom is -0.487 e. The van der Waals surface area contributed by atoms with Crippen molar-refractivity contribution in [1.82, 2.24) is 9.88 Å². The van der Waals surface area contributed by atoms with Gasteiger partial charge >= 0.3 is 0 Å². The summed E-state index contributed by atoms with van der Waals surface area (Å²) in [4.78, 5) is 46.8. The fourth-order valence-corrected chi connectivity index (χ4v) is 5.80. The molecule has 11 nitrogen and oxygen atoms in total. The van der Waals surface area contributed by atoms with Crippen molar-refractivity contribution in [2.75, 3.05) is 49.6 Å². The lowest BCUT2D eigenvalue weighted by Crippen LogP contribution is -2.53. The zero-order valence-corrected chi connectivity index (χ0v) is 26.3. The Morgan fingerprint density at radius 2 is 1.76 bits per heavy atom. The quantitative estimate of drug-likeness (QED) is 0.143. The van der Waals surface area contributed by atoms with Gasteiger partial charge in [0.2, 0.25) is 0 Å². The van der Waals surface area contributed by atoms with Crippen LogP contribution in [0.4, 0.5) is 17.1 Å². The van der Waals surface area contributed by atoms with Gasteiger partial charge < -0.3 is 20.3 Å². The van der Waals surface area contributed by atoms with Gasteiger partial charge in [0.15, 0.2) is 5.78 Å². The maximum absolute atomic E-state index is 13.3. The fourth-order valence-electron chi connectivity index (χ4n) is 5.19. The normalized spacial score (nSPS) is 14.3. The minimum absolute atomic E-state index is 0.0147. The number of non-ortho nitro benzene ring substituents is 1. The maximum atomic E-state index is 13.3. The van der Waals surface area contributed by atoms with Gasteiger partial charge in [-0.05, 0) is 43.3 Å². The SMILES string of the molecule is Cc1ccc2cccc(OCc3c(Cl)ccc(N(C)C(=O)[C@@H](N)C(=O)CN4CCN(c5ccc([N+](=O)[O-])cc5)CC4)c3Cl)c2n1. The van der Waals surface area contributed by atoms with Gasteiger partial charge in [-0.2, -0.15) is 0 Å². The molecule has 1 atom stereocenters. The average molecular weight is 652 g/mol. The first-order chi connectivity index (χ1) is 21.5. The first-order valence-electron chi connectivity index (χ1n) is 14.3. The zero-order chi connectivity index (χ0) is 32.2. The highest BCUT2D eigenvalue weighted by Crippen LogP contribution is 2.35. The number of ether oxygens (including phenoxy) is 1. The summed E-state index contributed by atoms with van der Waals surface area (Å²) in [5, 5.41) is 12.4. The number of piperazine rings is 1. The number of nitro benzene ring substituents is 1. The summed E-state index contributed by atoms with van der Waals surface area (Å²) in [5.41, 5.74) is 9.45. The second-order valence-electron chi connectivity index (χ2n) is 10.8. The number of likely N-dealkylation sites (N-methyl/N-ethyl adjacent to an activating group) is 1. The van der Waals surface area contributed by atoms with E-state index < -0.39 is 22.7 Å². The third kappa shape index (κ3) is 7.18. The Kier molecular flexibility index (Phi) is 9.83. The number of aryl methyl sites for hydroxylation is 1. The number of para-hydroxylation sites is 1. The van der Waals surface area contributed by atoms with Gasteiger partial charge in [0.25, 0.3) is 11.6 Å². The minimum atomic E-state index is -1.39. The summed E-state index contributed by atoms with van der Waals surface area (Å²) in [5.74, 6) is -0.447. The van der Waals surface area contributed by atoms with Crippen LogP contribution >= 0.6 is 23.2 Å². The number of hydrogen-bond acceptors (Lipinski definition) is 9. The molecule has 0 saturated carbocycles. The highest BCUT2D eigenvalue weighted by atomic mass is 35.5. The molecule has 5 rings (SSSR count). The van der Waals surface area contributed by atoms with E-state index in [0.717, 1.165) is 16.8 Å². The molecule has 1 aliphatic heterocycles. The predicted octanol–water partition coefficient (Wildman–Crippen LogP) is 5.02. The number of halogens is 2.